The number of imidazole rings is 2. The van der Waals surface area contributed by atoms with E-state index >= 15 is 0 Å². The van der Waals surface area contributed by atoms with E-state index in [4.69, 9.17) is 14.7 Å². The second-order valence-electron chi connectivity index (χ2n) is 11.0. The van der Waals surface area contributed by atoms with Gasteiger partial charge in [0.05, 0.1) is 12.0 Å². The number of aromatic nitrogens is 6. The molecule has 45 heavy (non-hydrogen) atoms. The summed E-state index contributed by atoms with van der Waals surface area (Å²) in [5.41, 5.74) is 4.02. The molecule has 6 N–H and O–H groups in total. The molecule has 1 aliphatic rings. The highest BCUT2D eigenvalue weighted by molar-refractivity contribution is 5.85. The van der Waals surface area contributed by atoms with Gasteiger partial charge in [-0.15, -0.1) is 0 Å². The number of fused-ring (bicyclic) bond motifs is 1. The van der Waals surface area contributed by atoms with E-state index in [9.17, 15) is 15.0 Å². The lowest BCUT2D eigenvalue weighted by molar-refractivity contribution is -0.137. The molecule has 1 amide bonds. The van der Waals surface area contributed by atoms with E-state index in [1.165, 1.54) is 10.9 Å². The fourth-order valence-corrected chi connectivity index (χ4v) is 5.58. The first-order valence-electron chi connectivity index (χ1n) is 15.0. The van der Waals surface area contributed by atoms with E-state index in [0.29, 0.717) is 49.0 Å². The Kier molecular flexibility index (Phi) is 9.01. The Hall–Kier alpha value is -4.85. The van der Waals surface area contributed by atoms with Gasteiger partial charge in [-0.25, -0.2) is 9.97 Å². The third kappa shape index (κ3) is 6.50. The van der Waals surface area contributed by atoms with Gasteiger partial charge in [-0.2, -0.15) is 9.97 Å². The van der Waals surface area contributed by atoms with E-state index in [-0.39, 0.29) is 5.92 Å². The molecule has 3 aromatic heterocycles. The molecule has 13 nitrogen and oxygen atoms in total. The van der Waals surface area contributed by atoms with Crippen molar-refractivity contribution >= 4 is 28.8 Å². The summed E-state index contributed by atoms with van der Waals surface area (Å²) in [6.45, 7) is 5.06. The number of carbonyl (C=O) groups excluding carboxylic acids is 1. The maximum atomic E-state index is 12.5. The molecule has 0 radical (unpaired) electrons. The van der Waals surface area contributed by atoms with E-state index in [1.807, 2.05) is 49.5 Å². The lowest BCUT2D eigenvalue weighted by Crippen LogP contribution is -2.42. The minimum Gasteiger partial charge on any atom is -0.387 e. The highest BCUT2D eigenvalue weighted by Gasteiger charge is 2.47. The molecular formula is C32H37N9O4. The summed E-state index contributed by atoms with van der Waals surface area (Å²) in [6.07, 6.45) is -1.16. The van der Waals surface area contributed by atoms with Gasteiger partial charge in [0, 0.05) is 38.2 Å². The smallest absolute Gasteiger partial charge is 0.252 e. The van der Waals surface area contributed by atoms with Crippen molar-refractivity contribution in [2.75, 3.05) is 30.3 Å². The Morgan fingerprint density at radius 1 is 1.00 bits per heavy atom. The van der Waals surface area contributed by atoms with Crippen molar-refractivity contribution in [1.82, 2.24) is 34.8 Å². The molecule has 0 spiro atoms. The topological polar surface area (TPSA) is 175 Å². The summed E-state index contributed by atoms with van der Waals surface area (Å²) < 4.78 is 7.42. The SMILES string of the molecule is CCNC(=O)[C@H]1O[C@@H](n2cnc3c(NCC(c4ccccc4)c4ccccc4)nc(NCCc4c[nH]c(C)n4)nc32)[C@H](O)[C@@H]1O. The summed E-state index contributed by atoms with van der Waals surface area (Å²) in [5.74, 6) is 1.18. The Balaban J connectivity index is 1.32. The number of aryl methyl sites for hydroxylation is 1. The van der Waals surface area contributed by atoms with Crippen LogP contribution in [0, 0.1) is 6.92 Å². The summed E-state index contributed by atoms with van der Waals surface area (Å²) in [7, 11) is 0. The van der Waals surface area contributed by atoms with Crippen LogP contribution in [0.3, 0.4) is 0 Å². The largest absolute Gasteiger partial charge is 0.387 e. The number of nitrogens with one attached hydrogen (secondary N) is 4. The number of H-pyrrole nitrogens is 1. The van der Waals surface area contributed by atoms with Crippen LogP contribution in [0.4, 0.5) is 11.8 Å². The number of benzene rings is 2. The zero-order valence-electron chi connectivity index (χ0n) is 25.1. The minimum atomic E-state index is -1.43. The molecule has 4 atom stereocenters. The third-order valence-electron chi connectivity index (χ3n) is 7.84. The fraction of sp³-hybridized carbons (Fsp3) is 0.344. The fourth-order valence-electron chi connectivity index (χ4n) is 5.58. The lowest BCUT2D eigenvalue weighted by Gasteiger charge is -2.20. The number of carbonyl (C=O) groups is 1. The summed E-state index contributed by atoms with van der Waals surface area (Å²) in [4.78, 5) is 34.2. The van der Waals surface area contributed by atoms with Crippen molar-refractivity contribution in [1.29, 1.82) is 0 Å². The van der Waals surface area contributed by atoms with E-state index in [1.54, 1.807) is 6.92 Å². The van der Waals surface area contributed by atoms with Crippen molar-refractivity contribution < 1.29 is 19.7 Å². The van der Waals surface area contributed by atoms with Gasteiger partial charge in [0.2, 0.25) is 5.95 Å². The second kappa shape index (κ2) is 13.4. The van der Waals surface area contributed by atoms with Gasteiger partial charge < -0.3 is 35.9 Å². The molecule has 4 heterocycles. The maximum absolute atomic E-state index is 12.5. The molecule has 1 saturated heterocycles. The maximum Gasteiger partial charge on any atom is 0.252 e. The molecule has 0 aliphatic carbocycles. The monoisotopic (exact) mass is 611 g/mol. The average Bonchev–Trinajstić information content (AvgIpc) is 3.75. The number of aliphatic hydroxyl groups excluding tert-OH is 2. The van der Waals surface area contributed by atoms with Crippen LogP contribution >= 0.6 is 0 Å². The normalized spacial score (nSPS) is 19.7. The highest BCUT2D eigenvalue weighted by Crippen LogP contribution is 2.34. The molecule has 0 saturated carbocycles. The van der Waals surface area contributed by atoms with E-state index in [0.717, 1.165) is 22.6 Å². The average molecular weight is 612 g/mol. The zero-order valence-corrected chi connectivity index (χ0v) is 25.1. The van der Waals surface area contributed by atoms with Crippen molar-refractivity contribution in [3.8, 4) is 0 Å². The standard InChI is InChI=1S/C32H37N9O4/c1-3-33-30(44)27-25(42)26(43)31(45-27)41-18-37-24-28(39-32(40-29(24)41)34-15-14-22-16-35-19(2)38-22)36-17-23(20-10-6-4-7-11-20)21-12-8-5-9-13-21/h4-13,16,18,23,25-27,31,42-43H,3,14-15,17H2,1-2H3,(H,33,44)(H,35,38)(H2,34,36,39,40)/t25-,26+,27-,31+/m0/s1. The number of amides is 1. The van der Waals surface area contributed by atoms with Crippen LogP contribution in [0.25, 0.3) is 11.2 Å². The van der Waals surface area contributed by atoms with Gasteiger partial charge in [0.15, 0.2) is 29.3 Å². The van der Waals surface area contributed by atoms with Gasteiger partial charge in [0.1, 0.15) is 18.0 Å². The number of likely N-dealkylation sites (N-methyl/N-ethyl adjacent to an activating group) is 1. The van der Waals surface area contributed by atoms with Crippen LogP contribution in [0.5, 0.6) is 0 Å². The minimum absolute atomic E-state index is 0.0202. The first-order valence-corrected chi connectivity index (χ1v) is 15.0. The Labute approximate surface area is 260 Å². The molecule has 1 fully saturated rings. The first kappa shape index (κ1) is 30.2. The summed E-state index contributed by atoms with van der Waals surface area (Å²) in [6, 6.07) is 20.5. The van der Waals surface area contributed by atoms with Gasteiger partial charge >= 0.3 is 0 Å². The summed E-state index contributed by atoms with van der Waals surface area (Å²) >= 11 is 0. The van der Waals surface area contributed by atoms with Crippen LogP contribution in [0.1, 0.15) is 41.7 Å². The predicted octanol–water partition coefficient (Wildman–Crippen LogP) is 2.51. The van der Waals surface area contributed by atoms with Crippen molar-refractivity contribution in [3.63, 3.8) is 0 Å². The van der Waals surface area contributed by atoms with Crippen LogP contribution in [-0.2, 0) is 16.0 Å². The predicted molar refractivity (Wildman–Crippen MR) is 169 cm³/mol. The summed E-state index contributed by atoms with van der Waals surface area (Å²) in [5, 5.41) is 31.0. The van der Waals surface area contributed by atoms with Gasteiger partial charge in [-0.05, 0) is 25.0 Å². The van der Waals surface area contributed by atoms with Crippen LogP contribution in [-0.4, -0.2) is 83.6 Å². The molecule has 0 bridgehead atoms. The van der Waals surface area contributed by atoms with Crippen LogP contribution in [0.2, 0.25) is 0 Å². The number of aromatic amines is 1. The third-order valence-corrected chi connectivity index (χ3v) is 7.84. The lowest BCUT2D eigenvalue weighted by atomic mass is 9.91. The molecule has 2 aromatic carbocycles. The number of aliphatic hydroxyl groups is 2. The molecule has 1 aliphatic heterocycles. The number of hydrogen-bond donors (Lipinski definition) is 6. The van der Waals surface area contributed by atoms with Crippen molar-refractivity contribution in [2.45, 2.75) is 50.7 Å². The Bertz CT molecular complexity index is 1690. The molecule has 13 heteroatoms. The van der Waals surface area contributed by atoms with Crippen LogP contribution < -0.4 is 16.0 Å². The first-order chi connectivity index (χ1) is 21.9. The highest BCUT2D eigenvalue weighted by atomic mass is 16.6. The van der Waals surface area contributed by atoms with E-state index in [2.05, 4.69) is 55.2 Å². The van der Waals surface area contributed by atoms with Gasteiger partial charge in [0.25, 0.3) is 5.91 Å². The molecule has 0 unspecified atom stereocenters. The molecule has 6 rings (SSSR count). The Morgan fingerprint density at radius 3 is 2.36 bits per heavy atom. The quantitative estimate of drug-likeness (QED) is 0.123. The number of ether oxygens (including phenoxy) is 1. The molecule has 234 valence electrons. The Morgan fingerprint density at radius 2 is 1.71 bits per heavy atom. The van der Waals surface area contributed by atoms with Crippen molar-refractivity contribution in [3.05, 3.63) is 95.8 Å². The second-order valence-corrected chi connectivity index (χ2v) is 11.0. The van der Waals surface area contributed by atoms with Crippen molar-refractivity contribution in [2.24, 2.45) is 0 Å². The van der Waals surface area contributed by atoms with E-state index < -0.39 is 30.4 Å². The van der Waals surface area contributed by atoms with Gasteiger partial charge in [-0.3, -0.25) is 9.36 Å². The number of anilines is 2. The molecule has 5 aromatic rings. The zero-order chi connectivity index (χ0) is 31.3. The van der Waals surface area contributed by atoms with Crippen LogP contribution in [0.15, 0.2) is 73.2 Å². The van der Waals surface area contributed by atoms with Gasteiger partial charge in [-0.1, -0.05) is 60.7 Å². The molecular weight excluding hydrogens is 574 g/mol. The number of rotatable bonds is 12. The number of nitrogens with zero attached hydrogens (tertiary/aromatic N) is 5. The number of hydrogen-bond acceptors (Lipinski definition) is 10.